The van der Waals surface area contributed by atoms with E-state index in [1.807, 2.05) is 0 Å². The zero-order chi connectivity index (χ0) is 9.07. The number of sulfone groups is 1. The van der Waals surface area contributed by atoms with Gasteiger partial charge in [-0.3, -0.25) is 0 Å². The van der Waals surface area contributed by atoms with Gasteiger partial charge in [0.05, 0.1) is 7.11 Å². The highest BCUT2D eigenvalue weighted by Crippen LogP contribution is 2.09. The summed E-state index contributed by atoms with van der Waals surface area (Å²) in [6.45, 7) is 1.43. The summed E-state index contributed by atoms with van der Waals surface area (Å²) in [5, 5.41) is 8.40. The minimum atomic E-state index is -3.43. The molecule has 0 rings (SSSR count). The molecule has 0 heterocycles. The topological polar surface area (TPSA) is 67.2 Å². The number of hydrogen-bond donors (Lipinski definition) is 0. The fourth-order valence-corrected chi connectivity index (χ4v) is 1.29. The quantitative estimate of drug-likeness (QED) is 0.451. The third-order valence-electron chi connectivity index (χ3n) is 1.10. The monoisotopic (exact) mass is 175 g/mol. The number of hydrogen-bond acceptors (Lipinski definition) is 4. The predicted molar refractivity (Wildman–Crippen MR) is 40.2 cm³/mol. The molecule has 0 aromatic carbocycles. The first-order valence-electron chi connectivity index (χ1n) is 2.78. The number of nitrogens with zero attached hydrogens (tertiary/aromatic N) is 1. The summed E-state index contributed by atoms with van der Waals surface area (Å²) in [4.78, 5) is -0.319. The van der Waals surface area contributed by atoms with Crippen LogP contribution in [0.2, 0.25) is 0 Å². The van der Waals surface area contributed by atoms with E-state index in [9.17, 15) is 8.42 Å². The van der Waals surface area contributed by atoms with Gasteiger partial charge in [-0.15, -0.1) is 0 Å². The van der Waals surface area contributed by atoms with Crippen LogP contribution in [0.5, 0.6) is 0 Å². The Hall–Kier alpha value is -1.02. The maximum absolute atomic E-state index is 10.8. The molecule has 0 radical (unpaired) electrons. The Morgan fingerprint density at radius 3 is 2.09 bits per heavy atom. The van der Waals surface area contributed by atoms with Crippen LogP contribution in [0.15, 0.2) is 10.7 Å². The van der Waals surface area contributed by atoms with Crippen molar-refractivity contribution in [1.82, 2.24) is 0 Å². The van der Waals surface area contributed by atoms with Crippen molar-refractivity contribution in [2.45, 2.75) is 6.92 Å². The number of rotatable bonds is 2. The minimum absolute atomic E-state index is 0.120. The van der Waals surface area contributed by atoms with Crippen molar-refractivity contribution >= 4 is 9.84 Å². The summed E-state index contributed by atoms with van der Waals surface area (Å²) < 4.78 is 26.2. The van der Waals surface area contributed by atoms with Crippen LogP contribution < -0.4 is 0 Å². The number of nitriles is 1. The minimum Gasteiger partial charge on any atom is -0.499 e. The van der Waals surface area contributed by atoms with Crippen molar-refractivity contribution in [3.05, 3.63) is 10.7 Å². The van der Waals surface area contributed by atoms with Crippen molar-refractivity contribution in [3.8, 4) is 6.07 Å². The molecule has 0 aliphatic rings. The molecule has 0 N–H and O–H groups in total. The van der Waals surface area contributed by atoms with Crippen LogP contribution >= 0.6 is 0 Å². The predicted octanol–water partition coefficient (Wildman–Crippen LogP) is 0.432. The van der Waals surface area contributed by atoms with Crippen molar-refractivity contribution in [3.63, 3.8) is 0 Å². The van der Waals surface area contributed by atoms with E-state index in [1.165, 1.54) is 14.0 Å². The first-order chi connectivity index (χ1) is 4.93. The smallest absolute Gasteiger partial charge is 0.188 e. The summed E-state index contributed by atoms with van der Waals surface area (Å²) in [7, 11) is -2.12. The van der Waals surface area contributed by atoms with Crippen LogP contribution in [0.1, 0.15) is 6.92 Å². The van der Waals surface area contributed by atoms with E-state index >= 15 is 0 Å². The van der Waals surface area contributed by atoms with Crippen LogP contribution in [0.3, 0.4) is 0 Å². The normalized spacial score (nSPS) is 13.3. The molecule has 0 spiro atoms. The molecule has 0 aliphatic heterocycles. The third kappa shape index (κ3) is 2.60. The largest absolute Gasteiger partial charge is 0.499 e. The van der Waals surface area contributed by atoms with Gasteiger partial charge in [-0.25, -0.2) is 8.42 Å². The van der Waals surface area contributed by atoms with Gasteiger partial charge in [0.25, 0.3) is 0 Å². The highest BCUT2D eigenvalue weighted by Gasteiger charge is 2.14. The molecule has 0 amide bonds. The average molecular weight is 175 g/mol. The molecule has 11 heavy (non-hydrogen) atoms. The van der Waals surface area contributed by atoms with Crippen molar-refractivity contribution < 1.29 is 13.2 Å². The molecule has 62 valence electrons. The van der Waals surface area contributed by atoms with E-state index in [1.54, 1.807) is 6.07 Å². The molecule has 0 bridgehead atoms. The van der Waals surface area contributed by atoms with Crippen molar-refractivity contribution in [2.24, 2.45) is 0 Å². The van der Waals surface area contributed by atoms with Gasteiger partial charge in [0.15, 0.2) is 14.7 Å². The molecule has 5 heteroatoms. The van der Waals surface area contributed by atoms with Gasteiger partial charge < -0.3 is 4.74 Å². The van der Waals surface area contributed by atoms with Gasteiger partial charge in [0.1, 0.15) is 11.8 Å². The second kappa shape index (κ2) is 3.39. The Morgan fingerprint density at radius 2 is 2.00 bits per heavy atom. The lowest BCUT2D eigenvalue weighted by Gasteiger charge is -2.00. The molecule has 0 unspecified atom stereocenters. The van der Waals surface area contributed by atoms with Gasteiger partial charge in [0, 0.05) is 6.26 Å². The van der Waals surface area contributed by atoms with E-state index < -0.39 is 9.84 Å². The standard InChI is InChI=1S/C6H9NO3S/c1-5(10-2)6(4-7)11(3,8)9/h1-3H3/b6-5+. The Bertz CT molecular complexity index is 307. The maximum atomic E-state index is 10.8. The van der Waals surface area contributed by atoms with Crippen LogP contribution in [-0.2, 0) is 14.6 Å². The van der Waals surface area contributed by atoms with E-state index in [2.05, 4.69) is 4.74 Å². The lowest BCUT2D eigenvalue weighted by atomic mass is 10.5. The second-order valence-corrected chi connectivity index (χ2v) is 3.93. The molecule has 0 fully saturated rings. The van der Waals surface area contributed by atoms with Crippen molar-refractivity contribution in [1.29, 1.82) is 5.26 Å². The summed E-state index contributed by atoms with van der Waals surface area (Å²) in [5.74, 6) is 0.120. The fourth-order valence-electron chi connectivity index (χ4n) is 0.515. The van der Waals surface area contributed by atoms with Gasteiger partial charge in [-0.1, -0.05) is 0 Å². The molecule has 0 aromatic heterocycles. The van der Waals surface area contributed by atoms with Gasteiger partial charge in [-0.05, 0) is 6.92 Å². The maximum Gasteiger partial charge on any atom is 0.188 e. The van der Waals surface area contributed by atoms with E-state index in [0.717, 1.165) is 6.26 Å². The second-order valence-electron chi connectivity index (χ2n) is 1.97. The van der Waals surface area contributed by atoms with Crippen LogP contribution in [0, 0.1) is 11.3 Å². The average Bonchev–Trinajstić information content (AvgIpc) is 1.86. The fraction of sp³-hybridized carbons (Fsp3) is 0.500. The highest BCUT2D eigenvalue weighted by molar-refractivity contribution is 7.94. The van der Waals surface area contributed by atoms with Gasteiger partial charge >= 0.3 is 0 Å². The Kier molecular flexibility index (Phi) is 3.08. The van der Waals surface area contributed by atoms with Crippen LogP contribution in [-0.4, -0.2) is 21.8 Å². The molecule has 0 saturated heterocycles. The molecule has 0 aliphatic carbocycles. The third-order valence-corrected chi connectivity index (χ3v) is 2.22. The van der Waals surface area contributed by atoms with Gasteiger partial charge in [0.2, 0.25) is 0 Å². The first-order valence-corrected chi connectivity index (χ1v) is 4.67. The van der Waals surface area contributed by atoms with Crippen LogP contribution in [0.4, 0.5) is 0 Å². The number of methoxy groups -OCH3 is 1. The highest BCUT2D eigenvalue weighted by atomic mass is 32.2. The van der Waals surface area contributed by atoms with Crippen molar-refractivity contribution in [2.75, 3.05) is 13.4 Å². The molecular weight excluding hydrogens is 166 g/mol. The zero-order valence-corrected chi connectivity index (χ0v) is 7.40. The summed E-state index contributed by atoms with van der Waals surface area (Å²) >= 11 is 0. The Morgan fingerprint density at radius 1 is 1.55 bits per heavy atom. The van der Waals surface area contributed by atoms with Gasteiger partial charge in [-0.2, -0.15) is 5.26 Å². The number of allylic oxidation sites excluding steroid dienone is 2. The summed E-state index contributed by atoms with van der Waals surface area (Å²) in [5.41, 5.74) is 0. The zero-order valence-electron chi connectivity index (χ0n) is 6.58. The SMILES string of the molecule is CO/C(C)=C(\C#N)S(C)(=O)=O. The van der Waals surface area contributed by atoms with E-state index in [-0.39, 0.29) is 10.7 Å². The molecule has 0 saturated carbocycles. The lowest BCUT2D eigenvalue weighted by molar-refractivity contribution is 0.292. The first kappa shape index (κ1) is 9.98. The van der Waals surface area contributed by atoms with E-state index in [0.29, 0.717) is 0 Å². The lowest BCUT2D eigenvalue weighted by Crippen LogP contribution is -2.02. The Balaban J connectivity index is 5.21. The van der Waals surface area contributed by atoms with E-state index in [4.69, 9.17) is 5.26 Å². The molecule has 0 aromatic rings. The van der Waals surface area contributed by atoms with Crippen LogP contribution in [0.25, 0.3) is 0 Å². The summed E-state index contributed by atoms with van der Waals surface area (Å²) in [6.07, 6.45) is 0.966. The molecule has 0 atom stereocenters. The Labute approximate surface area is 66.0 Å². The number of ether oxygens (including phenoxy) is 1. The molecule has 4 nitrogen and oxygen atoms in total. The molecular formula is C6H9NO3S. The summed E-state index contributed by atoms with van der Waals surface area (Å²) in [6, 6.07) is 1.56.